The Balaban J connectivity index is 1.81. The van der Waals surface area contributed by atoms with Crippen LogP contribution in [-0.2, 0) is 0 Å². The summed E-state index contributed by atoms with van der Waals surface area (Å²) in [4.78, 5) is 26.0. The molecular formula is C18H17NO3. The number of rotatable bonds is 5. The number of hydrogen-bond acceptors (Lipinski definition) is 3. The Hall–Kier alpha value is -2.62. The highest BCUT2D eigenvalue weighted by Crippen LogP contribution is 2.29. The van der Waals surface area contributed by atoms with Gasteiger partial charge in [-0.25, -0.2) is 4.90 Å². The molecule has 1 aliphatic heterocycles. The van der Waals surface area contributed by atoms with Gasteiger partial charge in [-0.3, -0.25) is 9.59 Å². The maximum absolute atomic E-state index is 12.4. The molecule has 2 aromatic carbocycles. The Morgan fingerprint density at radius 1 is 0.909 bits per heavy atom. The third-order valence-electron chi connectivity index (χ3n) is 3.66. The number of hydrogen-bond donors (Lipinski definition) is 0. The van der Waals surface area contributed by atoms with Crippen LogP contribution in [0.15, 0.2) is 48.5 Å². The molecule has 2 amide bonds. The van der Waals surface area contributed by atoms with E-state index in [9.17, 15) is 9.59 Å². The van der Waals surface area contributed by atoms with Crippen LogP contribution in [0.4, 0.5) is 5.69 Å². The van der Waals surface area contributed by atoms with E-state index in [1.54, 1.807) is 48.5 Å². The lowest BCUT2D eigenvalue weighted by molar-refractivity contribution is 0.0926. The van der Waals surface area contributed by atoms with Crippen molar-refractivity contribution in [3.05, 3.63) is 59.7 Å². The molecule has 0 radical (unpaired) electrons. The zero-order valence-corrected chi connectivity index (χ0v) is 12.4. The van der Waals surface area contributed by atoms with Gasteiger partial charge in [-0.15, -0.1) is 0 Å². The van der Waals surface area contributed by atoms with Gasteiger partial charge in [0.25, 0.3) is 11.8 Å². The van der Waals surface area contributed by atoms with Gasteiger partial charge in [-0.2, -0.15) is 0 Å². The number of benzene rings is 2. The van der Waals surface area contributed by atoms with E-state index in [4.69, 9.17) is 4.74 Å². The van der Waals surface area contributed by atoms with Gasteiger partial charge in [0, 0.05) is 0 Å². The van der Waals surface area contributed by atoms with Gasteiger partial charge in [-0.1, -0.05) is 25.5 Å². The fraction of sp³-hybridized carbons (Fsp3) is 0.222. The van der Waals surface area contributed by atoms with E-state index in [0.29, 0.717) is 23.4 Å². The van der Waals surface area contributed by atoms with Crippen molar-refractivity contribution in [2.75, 3.05) is 11.5 Å². The largest absolute Gasteiger partial charge is 0.494 e. The SMILES string of the molecule is CCCCOc1ccc(N2C(=O)c3ccccc3C2=O)cc1. The Kier molecular flexibility index (Phi) is 3.92. The molecule has 4 nitrogen and oxygen atoms in total. The summed E-state index contributed by atoms with van der Waals surface area (Å²) in [6.45, 7) is 2.78. The molecule has 1 aliphatic rings. The number of fused-ring (bicyclic) bond motifs is 1. The molecule has 0 aliphatic carbocycles. The van der Waals surface area contributed by atoms with Crippen LogP contribution in [0.25, 0.3) is 0 Å². The van der Waals surface area contributed by atoms with Gasteiger partial charge < -0.3 is 4.74 Å². The zero-order valence-electron chi connectivity index (χ0n) is 12.4. The van der Waals surface area contributed by atoms with E-state index in [1.165, 1.54) is 4.90 Å². The van der Waals surface area contributed by atoms with Crippen LogP contribution in [0.5, 0.6) is 5.75 Å². The molecule has 112 valence electrons. The average molecular weight is 295 g/mol. The van der Waals surface area contributed by atoms with E-state index < -0.39 is 0 Å². The van der Waals surface area contributed by atoms with Crippen LogP contribution in [0.1, 0.15) is 40.5 Å². The highest BCUT2D eigenvalue weighted by atomic mass is 16.5. The van der Waals surface area contributed by atoms with Crippen molar-refractivity contribution in [3.63, 3.8) is 0 Å². The number of carbonyl (C=O) groups excluding carboxylic acids is 2. The van der Waals surface area contributed by atoms with Crippen LogP contribution < -0.4 is 9.64 Å². The second kappa shape index (κ2) is 6.02. The Labute approximate surface area is 129 Å². The molecule has 0 atom stereocenters. The first-order valence-electron chi connectivity index (χ1n) is 7.43. The predicted octanol–water partition coefficient (Wildman–Crippen LogP) is 3.67. The standard InChI is InChI=1S/C18H17NO3/c1-2-3-12-22-14-10-8-13(9-11-14)19-17(20)15-6-4-5-7-16(15)18(19)21/h4-11H,2-3,12H2,1H3. The van der Waals surface area contributed by atoms with E-state index in [0.717, 1.165) is 18.6 Å². The van der Waals surface area contributed by atoms with E-state index in [1.807, 2.05) is 0 Å². The summed E-state index contributed by atoms with van der Waals surface area (Å²) >= 11 is 0. The number of imide groups is 1. The summed E-state index contributed by atoms with van der Waals surface area (Å²) in [6, 6.07) is 13.9. The van der Waals surface area contributed by atoms with Crippen LogP contribution in [-0.4, -0.2) is 18.4 Å². The van der Waals surface area contributed by atoms with Gasteiger partial charge >= 0.3 is 0 Å². The van der Waals surface area contributed by atoms with Crippen molar-refractivity contribution in [1.82, 2.24) is 0 Å². The van der Waals surface area contributed by atoms with Gasteiger partial charge in [0.2, 0.25) is 0 Å². The van der Waals surface area contributed by atoms with E-state index >= 15 is 0 Å². The second-order valence-corrected chi connectivity index (χ2v) is 5.19. The van der Waals surface area contributed by atoms with Crippen LogP contribution >= 0.6 is 0 Å². The van der Waals surface area contributed by atoms with Crippen molar-refractivity contribution in [2.24, 2.45) is 0 Å². The number of anilines is 1. The molecule has 0 spiro atoms. The smallest absolute Gasteiger partial charge is 0.266 e. The molecule has 0 saturated heterocycles. The molecule has 1 heterocycles. The Morgan fingerprint density at radius 3 is 2.05 bits per heavy atom. The lowest BCUT2D eigenvalue weighted by Crippen LogP contribution is -2.29. The number of unbranched alkanes of at least 4 members (excludes halogenated alkanes) is 1. The van der Waals surface area contributed by atoms with Gasteiger partial charge in [0.15, 0.2) is 0 Å². The zero-order chi connectivity index (χ0) is 15.5. The fourth-order valence-corrected chi connectivity index (χ4v) is 2.45. The van der Waals surface area contributed by atoms with Gasteiger partial charge in [0.1, 0.15) is 5.75 Å². The van der Waals surface area contributed by atoms with E-state index in [-0.39, 0.29) is 11.8 Å². The molecule has 0 N–H and O–H groups in total. The molecule has 4 heteroatoms. The summed E-state index contributed by atoms with van der Waals surface area (Å²) in [7, 11) is 0. The quantitative estimate of drug-likeness (QED) is 0.624. The molecule has 22 heavy (non-hydrogen) atoms. The van der Waals surface area contributed by atoms with Crippen molar-refractivity contribution < 1.29 is 14.3 Å². The van der Waals surface area contributed by atoms with Crippen LogP contribution in [0.2, 0.25) is 0 Å². The summed E-state index contributed by atoms with van der Waals surface area (Å²) in [6.07, 6.45) is 2.08. The molecule has 3 rings (SSSR count). The lowest BCUT2D eigenvalue weighted by atomic mass is 10.1. The third kappa shape index (κ3) is 2.48. The highest BCUT2D eigenvalue weighted by molar-refractivity contribution is 6.34. The first-order chi connectivity index (χ1) is 10.7. The first-order valence-corrected chi connectivity index (χ1v) is 7.43. The lowest BCUT2D eigenvalue weighted by Gasteiger charge is -2.14. The molecule has 0 bridgehead atoms. The monoisotopic (exact) mass is 295 g/mol. The molecule has 0 fully saturated rings. The van der Waals surface area contributed by atoms with E-state index in [2.05, 4.69) is 6.92 Å². The molecule has 0 unspecified atom stereocenters. The summed E-state index contributed by atoms with van der Waals surface area (Å²) in [5.41, 5.74) is 1.47. The topological polar surface area (TPSA) is 46.6 Å². The molecule has 0 aromatic heterocycles. The average Bonchev–Trinajstić information content (AvgIpc) is 2.81. The maximum atomic E-state index is 12.4. The summed E-state index contributed by atoms with van der Waals surface area (Å²) < 4.78 is 5.59. The number of carbonyl (C=O) groups is 2. The number of amides is 2. The summed E-state index contributed by atoms with van der Waals surface area (Å²) in [5.74, 6) is 0.189. The maximum Gasteiger partial charge on any atom is 0.266 e. The van der Waals surface area contributed by atoms with Crippen molar-refractivity contribution in [3.8, 4) is 5.75 Å². The Morgan fingerprint density at radius 2 is 1.50 bits per heavy atom. The van der Waals surface area contributed by atoms with Gasteiger partial charge in [-0.05, 0) is 42.8 Å². The predicted molar refractivity (Wildman–Crippen MR) is 84.4 cm³/mol. The minimum Gasteiger partial charge on any atom is -0.494 e. The molecular weight excluding hydrogens is 278 g/mol. The van der Waals surface area contributed by atoms with Gasteiger partial charge in [0.05, 0.1) is 23.4 Å². The molecule has 0 saturated carbocycles. The third-order valence-corrected chi connectivity index (χ3v) is 3.66. The molecule has 2 aromatic rings. The van der Waals surface area contributed by atoms with Crippen LogP contribution in [0, 0.1) is 0 Å². The normalized spacial score (nSPS) is 13.4. The number of nitrogens with zero attached hydrogens (tertiary/aromatic N) is 1. The highest BCUT2D eigenvalue weighted by Gasteiger charge is 2.36. The van der Waals surface area contributed by atoms with Crippen molar-refractivity contribution in [2.45, 2.75) is 19.8 Å². The first kappa shape index (κ1) is 14.3. The van der Waals surface area contributed by atoms with Crippen molar-refractivity contribution >= 4 is 17.5 Å². The minimum atomic E-state index is -0.278. The fourth-order valence-electron chi connectivity index (χ4n) is 2.45. The minimum absolute atomic E-state index is 0.278. The second-order valence-electron chi connectivity index (χ2n) is 5.19. The van der Waals surface area contributed by atoms with Crippen molar-refractivity contribution in [1.29, 1.82) is 0 Å². The van der Waals surface area contributed by atoms with Crippen LogP contribution in [0.3, 0.4) is 0 Å². The summed E-state index contributed by atoms with van der Waals surface area (Å²) in [5, 5.41) is 0. The Bertz CT molecular complexity index is 672. The number of ether oxygens (including phenoxy) is 1.